The fraction of sp³-hybridized carbons (Fsp3) is 0.500. The van der Waals surface area contributed by atoms with Gasteiger partial charge in [0.2, 0.25) is 5.78 Å². The number of carbonyl (C=O) groups excluding carboxylic acids is 2. The Bertz CT molecular complexity index is 771. The Labute approximate surface area is 129 Å². The summed E-state index contributed by atoms with van der Waals surface area (Å²) in [6.07, 6.45) is 1.85. The van der Waals surface area contributed by atoms with E-state index in [0.717, 1.165) is 23.9 Å². The van der Waals surface area contributed by atoms with E-state index in [2.05, 4.69) is 23.8 Å². The smallest absolute Gasteiger partial charge is 0.208 e. The Morgan fingerprint density at radius 2 is 2.00 bits per heavy atom. The van der Waals surface area contributed by atoms with E-state index in [-0.39, 0.29) is 28.3 Å². The van der Waals surface area contributed by atoms with E-state index in [0.29, 0.717) is 5.82 Å². The number of rotatable bonds is 2. The number of nitrogens with zero attached hydrogens (tertiary/aromatic N) is 1. The summed E-state index contributed by atoms with van der Waals surface area (Å²) in [5.74, 6) is -0.103. The zero-order valence-electron chi connectivity index (χ0n) is 13.1. The molecule has 2 saturated carbocycles. The van der Waals surface area contributed by atoms with E-state index in [4.69, 9.17) is 0 Å². The van der Waals surface area contributed by atoms with Crippen molar-refractivity contribution in [2.75, 3.05) is 0 Å². The highest BCUT2D eigenvalue weighted by Crippen LogP contribution is 2.66. The van der Waals surface area contributed by atoms with Gasteiger partial charge in [-0.1, -0.05) is 32.9 Å². The van der Waals surface area contributed by atoms with Crippen LogP contribution < -0.4 is 0 Å². The van der Waals surface area contributed by atoms with Gasteiger partial charge in [0.15, 0.2) is 11.6 Å². The van der Waals surface area contributed by atoms with Crippen LogP contribution >= 0.6 is 0 Å². The van der Waals surface area contributed by atoms with E-state index < -0.39 is 5.92 Å². The molecule has 0 radical (unpaired) electrons. The molecule has 114 valence electrons. The molecule has 22 heavy (non-hydrogen) atoms. The van der Waals surface area contributed by atoms with Crippen molar-refractivity contribution in [3.63, 3.8) is 0 Å². The molecular formula is C18H20N2O2. The lowest BCUT2D eigenvalue weighted by atomic mass is 9.70. The molecule has 1 heterocycles. The molecule has 2 bridgehead atoms. The van der Waals surface area contributed by atoms with E-state index >= 15 is 0 Å². The fourth-order valence-electron chi connectivity index (χ4n) is 4.60. The molecule has 2 aliphatic rings. The van der Waals surface area contributed by atoms with Gasteiger partial charge >= 0.3 is 0 Å². The number of nitrogens with one attached hydrogen (secondary N) is 1. The molecule has 3 unspecified atom stereocenters. The monoisotopic (exact) mass is 296 g/mol. The minimum absolute atomic E-state index is 0.110. The van der Waals surface area contributed by atoms with Gasteiger partial charge in [-0.15, -0.1) is 0 Å². The van der Waals surface area contributed by atoms with Crippen LogP contribution in [0.2, 0.25) is 0 Å². The van der Waals surface area contributed by atoms with Gasteiger partial charge in [0.05, 0.1) is 17.0 Å². The van der Waals surface area contributed by atoms with Crippen LogP contribution in [0.4, 0.5) is 0 Å². The number of benzene rings is 1. The zero-order chi connectivity index (χ0) is 15.7. The number of fused-ring (bicyclic) bond motifs is 3. The van der Waals surface area contributed by atoms with Crippen LogP contribution in [0.15, 0.2) is 24.3 Å². The lowest BCUT2D eigenvalue weighted by molar-refractivity contribution is -0.130. The van der Waals surface area contributed by atoms with Crippen molar-refractivity contribution in [3.05, 3.63) is 30.1 Å². The minimum atomic E-state index is -0.533. The Morgan fingerprint density at radius 1 is 1.27 bits per heavy atom. The Morgan fingerprint density at radius 3 is 2.64 bits per heavy atom. The average Bonchev–Trinajstić information content (AvgIpc) is 3.05. The minimum Gasteiger partial charge on any atom is -0.335 e. The summed E-state index contributed by atoms with van der Waals surface area (Å²) < 4.78 is 0. The second-order valence-electron chi connectivity index (χ2n) is 7.51. The molecule has 0 aliphatic heterocycles. The second kappa shape index (κ2) is 4.06. The standard InChI is InChI=1S/C18H20N2O2/c1-17(2)10-8-9-18(17,3)15(22)13(10)14(21)16-19-11-6-4-5-7-12(11)20-16/h4-7,10,13H,8-9H2,1-3H3,(H,19,20). The number of imidazole rings is 1. The quantitative estimate of drug-likeness (QED) is 0.682. The predicted molar refractivity (Wildman–Crippen MR) is 83.5 cm³/mol. The lowest BCUT2D eigenvalue weighted by Gasteiger charge is -2.32. The number of Topliss-reactive ketones (excluding diaryl/α,β-unsaturated/α-hetero) is 2. The van der Waals surface area contributed by atoms with Crippen LogP contribution in [0.5, 0.6) is 0 Å². The summed E-state index contributed by atoms with van der Waals surface area (Å²) in [4.78, 5) is 33.3. The molecule has 3 atom stereocenters. The van der Waals surface area contributed by atoms with Crippen molar-refractivity contribution in [1.29, 1.82) is 0 Å². The Kier molecular flexibility index (Phi) is 2.52. The Hall–Kier alpha value is -1.97. The zero-order valence-corrected chi connectivity index (χ0v) is 13.1. The number of aromatic amines is 1. The maximum absolute atomic E-state index is 12.9. The fourth-order valence-corrected chi connectivity index (χ4v) is 4.60. The first kappa shape index (κ1) is 13.7. The number of carbonyl (C=O) groups is 2. The molecule has 0 amide bonds. The second-order valence-corrected chi connectivity index (χ2v) is 7.51. The molecule has 1 N–H and O–H groups in total. The molecule has 1 aromatic heterocycles. The van der Waals surface area contributed by atoms with Crippen molar-refractivity contribution in [2.24, 2.45) is 22.7 Å². The highest BCUT2D eigenvalue weighted by Gasteiger charge is 2.67. The van der Waals surface area contributed by atoms with Crippen LogP contribution in [0.25, 0.3) is 11.0 Å². The first-order chi connectivity index (χ1) is 10.4. The van der Waals surface area contributed by atoms with Gasteiger partial charge in [0.25, 0.3) is 0 Å². The summed E-state index contributed by atoms with van der Waals surface area (Å²) >= 11 is 0. The topological polar surface area (TPSA) is 62.8 Å². The summed E-state index contributed by atoms with van der Waals surface area (Å²) in [7, 11) is 0. The largest absolute Gasteiger partial charge is 0.335 e. The molecule has 4 heteroatoms. The third kappa shape index (κ3) is 1.45. The van der Waals surface area contributed by atoms with E-state index in [1.165, 1.54) is 0 Å². The number of aromatic nitrogens is 2. The maximum atomic E-state index is 12.9. The molecule has 0 spiro atoms. The van der Waals surface area contributed by atoms with Crippen molar-refractivity contribution in [2.45, 2.75) is 33.6 Å². The summed E-state index contributed by atoms with van der Waals surface area (Å²) in [5, 5.41) is 0. The van der Waals surface area contributed by atoms with Crippen molar-refractivity contribution in [3.8, 4) is 0 Å². The summed E-state index contributed by atoms with van der Waals surface area (Å²) in [5.41, 5.74) is 1.12. The van der Waals surface area contributed by atoms with E-state index in [1.54, 1.807) is 0 Å². The van der Waals surface area contributed by atoms with Crippen LogP contribution in [0.3, 0.4) is 0 Å². The molecule has 0 saturated heterocycles. The third-order valence-electron chi connectivity index (χ3n) is 6.44. The van der Waals surface area contributed by atoms with Crippen molar-refractivity contribution in [1.82, 2.24) is 9.97 Å². The summed E-state index contributed by atoms with van der Waals surface area (Å²) in [6.45, 7) is 6.30. The predicted octanol–water partition coefficient (Wildman–Crippen LogP) is 3.39. The molecule has 2 fully saturated rings. The van der Waals surface area contributed by atoms with E-state index in [9.17, 15) is 9.59 Å². The number of hydrogen-bond donors (Lipinski definition) is 1. The normalized spacial score (nSPS) is 32.8. The molecule has 2 aliphatic carbocycles. The van der Waals surface area contributed by atoms with Gasteiger partial charge < -0.3 is 4.98 Å². The number of H-pyrrole nitrogens is 1. The third-order valence-corrected chi connectivity index (χ3v) is 6.44. The highest BCUT2D eigenvalue weighted by atomic mass is 16.2. The average molecular weight is 296 g/mol. The SMILES string of the molecule is CC12CCC(C(C(=O)c3nc4ccccc4[nH]3)C1=O)C2(C)C. The van der Waals surface area contributed by atoms with Crippen molar-refractivity contribution >= 4 is 22.6 Å². The van der Waals surface area contributed by atoms with Gasteiger partial charge in [-0.05, 0) is 36.3 Å². The highest BCUT2D eigenvalue weighted by molar-refractivity contribution is 6.13. The van der Waals surface area contributed by atoms with Crippen molar-refractivity contribution < 1.29 is 9.59 Å². The van der Waals surface area contributed by atoms with Gasteiger partial charge in [-0.25, -0.2) is 4.98 Å². The Balaban J connectivity index is 1.76. The van der Waals surface area contributed by atoms with Gasteiger partial charge in [0, 0.05) is 5.41 Å². The summed E-state index contributed by atoms with van der Waals surface area (Å²) in [6, 6.07) is 7.56. The molecular weight excluding hydrogens is 276 g/mol. The van der Waals surface area contributed by atoms with Crippen LogP contribution in [0.1, 0.15) is 44.2 Å². The molecule has 4 nitrogen and oxygen atoms in total. The molecule has 4 rings (SSSR count). The lowest BCUT2D eigenvalue weighted by Crippen LogP contribution is -2.35. The number of ketones is 2. The van der Waals surface area contributed by atoms with Crippen LogP contribution in [-0.2, 0) is 4.79 Å². The maximum Gasteiger partial charge on any atom is 0.208 e. The van der Waals surface area contributed by atoms with Crippen LogP contribution in [0, 0.1) is 22.7 Å². The van der Waals surface area contributed by atoms with Crippen LogP contribution in [-0.4, -0.2) is 21.5 Å². The van der Waals surface area contributed by atoms with E-state index in [1.807, 2.05) is 31.2 Å². The number of hydrogen-bond acceptors (Lipinski definition) is 3. The number of para-hydroxylation sites is 2. The molecule has 1 aromatic carbocycles. The first-order valence-corrected chi connectivity index (χ1v) is 7.89. The molecule has 2 aromatic rings. The van der Waals surface area contributed by atoms with Gasteiger partial charge in [-0.2, -0.15) is 0 Å². The van der Waals surface area contributed by atoms with Gasteiger partial charge in [-0.3, -0.25) is 9.59 Å². The van der Waals surface area contributed by atoms with Gasteiger partial charge in [0.1, 0.15) is 0 Å². The first-order valence-electron chi connectivity index (χ1n) is 7.89.